The quantitative estimate of drug-likeness (QED) is 0.451. The molecular formula is C20H15N3O5S2. The van der Waals surface area contributed by atoms with Crippen LogP contribution in [-0.2, 0) is 26.2 Å². The van der Waals surface area contributed by atoms with Crippen molar-refractivity contribution < 1.29 is 17.9 Å². The van der Waals surface area contributed by atoms with Crippen LogP contribution in [0.1, 0.15) is 11.4 Å². The maximum absolute atomic E-state index is 12.9. The fourth-order valence-corrected chi connectivity index (χ4v) is 6.17. The Morgan fingerprint density at radius 2 is 1.97 bits per heavy atom. The van der Waals surface area contributed by atoms with E-state index in [9.17, 15) is 18.0 Å². The van der Waals surface area contributed by atoms with Crippen molar-refractivity contribution in [1.82, 2.24) is 9.38 Å². The molecule has 2 aromatic heterocycles. The molecule has 0 spiro atoms. The predicted molar refractivity (Wildman–Crippen MR) is 112 cm³/mol. The monoisotopic (exact) mass is 441 g/mol. The number of carbonyl (C=O) groups excluding carboxylic acids is 1. The van der Waals surface area contributed by atoms with Crippen LogP contribution in [0.5, 0.6) is 0 Å². The Balaban J connectivity index is 1.38. The second kappa shape index (κ2) is 6.64. The standard InChI is InChI=1S/C20H15N3O5S2/c1-12-11-29-20-21-14(8-17(24)23(12)20)10-28-18(25)9-22-15-6-2-4-13-5-3-7-16(19(13)15)30(22,26)27/h2-8,11H,9-10H2,1H3. The Hall–Kier alpha value is -3.24. The number of rotatable bonds is 4. The molecule has 0 aliphatic carbocycles. The molecule has 3 heterocycles. The van der Waals surface area contributed by atoms with E-state index < -0.39 is 22.5 Å². The van der Waals surface area contributed by atoms with Gasteiger partial charge in [0, 0.05) is 22.5 Å². The van der Waals surface area contributed by atoms with Gasteiger partial charge in [-0.2, -0.15) is 0 Å². The largest absolute Gasteiger partial charge is 0.458 e. The van der Waals surface area contributed by atoms with Gasteiger partial charge in [-0.1, -0.05) is 24.3 Å². The molecule has 30 heavy (non-hydrogen) atoms. The summed E-state index contributed by atoms with van der Waals surface area (Å²) in [6.45, 7) is 1.13. The number of carbonyl (C=O) groups is 1. The van der Waals surface area contributed by atoms with Crippen LogP contribution in [-0.4, -0.2) is 30.3 Å². The van der Waals surface area contributed by atoms with Gasteiger partial charge in [0.25, 0.3) is 15.6 Å². The minimum Gasteiger partial charge on any atom is -0.458 e. The topological polar surface area (TPSA) is 98.0 Å². The summed E-state index contributed by atoms with van der Waals surface area (Å²) >= 11 is 1.32. The van der Waals surface area contributed by atoms with Crippen molar-refractivity contribution in [3.8, 4) is 0 Å². The van der Waals surface area contributed by atoms with Crippen LogP contribution >= 0.6 is 11.3 Å². The van der Waals surface area contributed by atoms with Gasteiger partial charge in [0.05, 0.1) is 16.3 Å². The van der Waals surface area contributed by atoms with Crippen LogP contribution in [0, 0.1) is 6.92 Å². The highest BCUT2D eigenvalue weighted by molar-refractivity contribution is 7.93. The first-order valence-corrected chi connectivity index (χ1v) is 11.3. The van der Waals surface area contributed by atoms with Crippen molar-refractivity contribution in [3.05, 3.63) is 69.6 Å². The van der Waals surface area contributed by atoms with E-state index in [2.05, 4.69) is 4.98 Å². The lowest BCUT2D eigenvalue weighted by Gasteiger charge is -2.17. The summed E-state index contributed by atoms with van der Waals surface area (Å²) in [7, 11) is -3.84. The van der Waals surface area contributed by atoms with E-state index in [4.69, 9.17) is 4.74 Å². The Morgan fingerprint density at radius 3 is 2.77 bits per heavy atom. The molecule has 0 amide bonds. The van der Waals surface area contributed by atoms with Gasteiger partial charge in [-0.15, -0.1) is 11.3 Å². The molecule has 5 rings (SSSR count). The highest BCUT2D eigenvalue weighted by atomic mass is 32.2. The van der Waals surface area contributed by atoms with Crippen molar-refractivity contribution in [2.45, 2.75) is 18.4 Å². The summed E-state index contributed by atoms with van der Waals surface area (Å²) in [6, 6.07) is 11.6. The van der Waals surface area contributed by atoms with Gasteiger partial charge in [-0.3, -0.25) is 18.3 Å². The number of aryl methyl sites for hydroxylation is 1. The highest BCUT2D eigenvalue weighted by Crippen LogP contribution is 2.41. The molecule has 8 nitrogen and oxygen atoms in total. The van der Waals surface area contributed by atoms with Crippen LogP contribution in [0.4, 0.5) is 5.69 Å². The van der Waals surface area contributed by atoms with Crippen LogP contribution in [0.15, 0.2) is 57.5 Å². The van der Waals surface area contributed by atoms with E-state index >= 15 is 0 Å². The number of hydrogen-bond acceptors (Lipinski definition) is 7. The van der Waals surface area contributed by atoms with E-state index in [0.717, 1.165) is 15.4 Å². The van der Waals surface area contributed by atoms with Crippen molar-refractivity contribution in [3.63, 3.8) is 0 Å². The minimum atomic E-state index is -3.84. The SMILES string of the molecule is Cc1csc2nc(COC(=O)CN3c4cccc5cccc(c45)S3(=O)=O)cc(=O)n12. The number of benzene rings is 2. The van der Waals surface area contributed by atoms with Crippen LogP contribution in [0.2, 0.25) is 0 Å². The lowest BCUT2D eigenvalue weighted by Crippen LogP contribution is -2.33. The third kappa shape index (κ3) is 2.79. The molecule has 0 atom stereocenters. The normalized spacial score (nSPS) is 14.5. The second-order valence-electron chi connectivity index (χ2n) is 6.88. The smallest absolute Gasteiger partial charge is 0.327 e. The van der Waals surface area contributed by atoms with E-state index in [0.29, 0.717) is 21.7 Å². The Labute approximate surface area is 175 Å². The number of ether oxygens (including phenoxy) is 1. The zero-order chi connectivity index (χ0) is 21.0. The number of fused-ring (bicyclic) bond motifs is 1. The number of nitrogens with zero attached hydrogens (tertiary/aromatic N) is 3. The molecule has 1 aliphatic heterocycles. The van der Waals surface area contributed by atoms with Crippen LogP contribution in [0.25, 0.3) is 15.7 Å². The van der Waals surface area contributed by atoms with Crippen molar-refractivity contribution >= 4 is 48.8 Å². The number of hydrogen-bond donors (Lipinski definition) is 0. The molecule has 0 unspecified atom stereocenters. The maximum Gasteiger partial charge on any atom is 0.327 e. The molecule has 2 aromatic carbocycles. The average molecular weight is 441 g/mol. The molecule has 0 saturated carbocycles. The summed E-state index contributed by atoms with van der Waals surface area (Å²) in [6.07, 6.45) is 0. The second-order valence-corrected chi connectivity index (χ2v) is 9.55. The lowest BCUT2D eigenvalue weighted by atomic mass is 10.1. The third-order valence-corrected chi connectivity index (χ3v) is 7.71. The summed E-state index contributed by atoms with van der Waals surface area (Å²) in [5, 5.41) is 3.20. The van der Waals surface area contributed by atoms with Crippen molar-refractivity contribution in [2.75, 3.05) is 10.8 Å². The van der Waals surface area contributed by atoms with Crippen molar-refractivity contribution in [1.29, 1.82) is 0 Å². The first-order chi connectivity index (χ1) is 14.4. The number of anilines is 1. The predicted octanol–water partition coefficient (Wildman–Crippen LogP) is 2.47. The molecule has 10 heteroatoms. The van der Waals surface area contributed by atoms with Gasteiger partial charge >= 0.3 is 5.97 Å². The van der Waals surface area contributed by atoms with Gasteiger partial charge in [0.1, 0.15) is 13.2 Å². The summed E-state index contributed by atoms with van der Waals surface area (Å²) in [5.41, 5.74) is 1.29. The molecule has 0 fully saturated rings. The molecular weight excluding hydrogens is 426 g/mol. The number of esters is 1. The summed E-state index contributed by atoms with van der Waals surface area (Å²) in [4.78, 5) is 29.7. The molecule has 0 N–H and O–H groups in total. The molecule has 4 aromatic rings. The van der Waals surface area contributed by atoms with Crippen LogP contribution in [0.3, 0.4) is 0 Å². The fraction of sp³-hybridized carbons (Fsp3) is 0.150. The van der Waals surface area contributed by atoms with E-state index in [-0.39, 0.29) is 17.1 Å². The van der Waals surface area contributed by atoms with Crippen molar-refractivity contribution in [2.24, 2.45) is 0 Å². The van der Waals surface area contributed by atoms with Gasteiger partial charge in [0.2, 0.25) is 0 Å². The number of aromatic nitrogens is 2. The summed E-state index contributed by atoms with van der Waals surface area (Å²) in [5.74, 6) is -0.729. The zero-order valence-corrected chi connectivity index (χ0v) is 17.4. The highest BCUT2D eigenvalue weighted by Gasteiger charge is 2.36. The fourth-order valence-electron chi connectivity index (χ4n) is 3.62. The Bertz CT molecular complexity index is 1500. The molecule has 0 bridgehead atoms. The molecule has 0 radical (unpaired) electrons. The maximum atomic E-state index is 12.9. The van der Waals surface area contributed by atoms with Gasteiger partial charge in [0.15, 0.2) is 4.96 Å². The Kier molecular flexibility index (Phi) is 4.16. The number of sulfonamides is 1. The van der Waals surface area contributed by atoms with E-state index in [1.54, 1.807) is 25.1 Å². The summed E-state index contributed by atoms with van der Waals surface area (Å²) < 4.78 is 33.6. The van der Waals surface area contributed by atoms with Gasteiger partial charge < -0.3 is 4.74 Å². The molecule has 152 valence electrons. The van der Waals surface area contributed by atoms with Crippen LogP contribution < -0.4 is 9.86 Å². The van der Waals surface area contributed by atoms with Gasteiger partial charge in [-0.25, -0.2) is 13.4 Å². The zero-order valence-electron chi connectivity index (χ0n) is 15.7. The third-order valence-electron chi connectivity index (χ3n) is 4.96. The first-order valence-electron chi connectivity index (χ1n) is 9.03. The average Bonchev–Trinajstić information content (AvgIpc) is 3.19. The molecule has 1 aliphatic rings. The molecule has 0 saturated heterocycles. The number of thiazole rings is 1. The lowest BCUT2D eigenvalue weighted by molar-refractivity contribution is -0.143. The van der Waals surface area contributed by atoms with E-state index in [1.807, 2.05) is 17.5 Å². The Morgan fingerprint density at radius 1 is 1.20 bits per heavy atom. The first kappa shape index (κ1) is 18.8. The van der Waals surface area contributed by atoms with Gasteiger partial charge in [-0.05, 0) is 24.4 Å². The van der Waals surface area contributed by atoms with E-state index in [1.165, 1.54) is 27.9 Å². The minimum absolute atomic E-state index is 0.177.